The Balaban J connectivity index is 1.58. The molecule has 0 aliphatic heterocycles. The molecule has 122 valence electrons. The maximum absolute atomic E-state index is 12.2. The molecule has 0 unspecified atom stereocenters. The average Bonchev–Trinajstić information content (AvgIpc) is 3.16. The highest BCUT2D eigenvalue weighted by Crippen LogP contribution is 2.22. The van der Waals surface area contributed by atoms with Crippen molar-refractivity contribution in [1.29, 1.82) is 0 Å². The molecule has 6 nitrogen and oxygen atoms in total. The van der Waals surface area contributed by atoms with Crippen molar-refractivity contribution in [2.45, 2.75) is 30.7 Å². The van der Waals surface area contributed by atoms with Gasteiger partial charge >= 0.3 is 0 Å². The van der Waals surface area contributed by atoms with Crippen molar-refractivity contribution >= 4 is 39.1 Å². The van der Waals surface area contributed by atoms with Crippen LogP contribution in [0.4, 0.5) is 0 Å². The van der Waals surface area contributed by atoms with Gasteiger partial charge in [0.05, 0.1) is 16.7 Å². The van der Waals surface area contributed by atoms with E-state index in [-0.39, 0.29) is 5.56 Å². The Morgan fingerprint density at radius 1 is 1.29 bits per heavy atom. The molecule has 8 heteroatoms. The van der Waals surface area contributed by atoms with E-state index in [9.17, 15) is 4.79 Å². The maximum Gasteiger partial charge on any atom is 0.275 e. The normalized spacial score (nSPS) is 11.5. The number of nitrogens with zero attached hydrogens (tertiary/aromatic N) is 4. The Bertz CT molecular complexity index is 1030. The first-order chi connectivity index (χ1) is 11.7. The Morgan fingerprint density at radius 2 is 2.17 bits per heavy atom. The van der Waals surface area contributed by atoms with Crippen LogP contribution < -0.4 is 5.56 Å². The molecule has 0 aliphatic carbocycles. The van der Waals surface area contributed by atoms with Gasteiger partial charge in [-0.25, -0.2) is 9.97 Å². The number of nitrogens with one attached hydrogen (secondary N) is 1. The van der Waals surface area contributed by atoms with E-state index in [4.69, 9.17) is 0 Å². The van der Waals surface area contributed by atoms with E-state index in [1.54, 1.807) is 17.8 Å². The molecule has 0 aliphatic rings. The van der Waals surface area contributed by atoms with Gasteiger partial charge < -0.3 is 4.98 Å². The summed E-state index contributed by atoms with van der Waals surface area (Å²) in [6.07, 6.45) is 1.87. The van der Waals surface area contributed by atoms with E-state index in [1.165, 1.54) is 15.9 Å². The summed E-state index contributed by atoms with van der Waals surface area (Å²) < 4.78 is 1.39. The zero-order valence-corrected chi connectivity index (χ0v) is 14.7. The molecule has 0 bridgehead atoms. The lowest BCUT2D eigenvalue weighted by Crippen LogP contribution is -2.15. The first kappa shape index (κ1) is 15.3. The molecule has 0 radical (unpaired) electrons. The van der Waals surface area contributed by atoms with Gasteiger partial charge in [-0.05, 0) is 18.6 Å². The maximum atomic E-state index is 12.2. The third-order valence-corrected chi connectivity index (χ3v) is 5.40. The number of aromatic nitrogens is 5. The molecule has 4 rings (SSSR count). The van der Waals surface area contributed by atoms with Gasteiger partial charge in [-0.1, -0.05) is 42.2 Å². The smallest absolute Gasteiger partial charge is 0.275 e. The number of hydrogen-bond donors (Lipinski definition) is 1. The summed E-state index contributed by atoms with van der Waals surface area (Å²) in [5.74, 6) is 0.590. The third-order valence-electron chi connectivity index (χ3n) is 3.53. The van der Waals surface area contributed by atoms with Crippen LogP contribution in [0.3, 0.4) is 0 Å². The van der Waals surface area contributed by atoms with Gasteiger partial charge in [0, 0.05) is 18.2 Å². The quantitative estimate of drug-likeness (QED) is 0.555. The molecule has 0 saturated heterocycles. The van der Waals surface area contributed by atoms with Gasteiger partial charge in [-0.2, -0.15) is 9.61 Å². The second-order valence-corrected chi connectivity index (χ2v) is 7.38. The summed E-state index contributed by atoms with van der Waals surface area (Å²) in [7, 11) is 0. The summed E-state index contributed by atoms with van der Waals surface area (Å²) in [4.78, 5) is 25.2. The van der Waals surface area contributed by atoms with Crippen molar-refractivity contribution in [3.05, 3.63) is 51.4 Å². The summed E-state index contributed by atoms with van der Waals surface area (Å²) in [5.41, 5.74) is 2.57. The summed E-state index contributed by atoms with van der Waals surface area (Å²) in [6.45, 7) is 2.09. The van der Waals surface area contributed by atoms with Gasteiger partial charge in [0.25, 0.3) is 5.56 Å². The van der Waals surface area contributed by atoms with Gasteiger partial charge in [0.2, 0.25) is 4.96 Å². The zero-order chi connectivity index (χ0) is 16.5. The predicted octanol–water partition coefficient (Wildman–Crippen LogP) is 3.27. The highest BCUT2D eigenvalue weighted by molar-refractivity contribution is 7.98. The van der Waals surface area contributed by atoms with Gasteiger partial charge in [0.1, 0.15) is 5.01 Å². The highest BCUT2D eigenvalue weighted by atomic mass is 32.2. The van der Waals surface area contributed by atoms with Crippen LogP contribution in [0.5, 0.6) is 0 Å². The average molecular weight is 357 g/mol. The Morgan fingerprint density at radius 3 is 3.00 bits per heavy atom. The van der Waals surface area contributed by atoms with Crippen LogP contribution in [0, 0.1) is 0 Å². The molecule has 4 aromatic rings. The molecule has 0 spiro atoms. The number of thioether (sulfide) groups is 1. The molecule has 0 atom stereocenters. The Labute approximate surface area is 146 Å². The minimum absolute atomic E-state index is 0.126. The summed E-state index contributed by atoms with van der Waals surface area (Å²) in [6, 6.07) is 9.46. The number of benzene rings is 1. The molecule has 0 fully saturated rings. The number of aromatic amines is 1. The first-order valence-electron chi connectivity index (χ1n) is 7.69. The van der Waals surface area contributed by atoms with Crippen LogP contribution in [0.25, 0.3) is 16.0 Å². The SMILES string of the molecule is CCCc1nn2c(=O)cc(CSc3nc4ccccc4[nH]3)nc2s1. The lowest BCUT2D eigenvalue weighted by atomic mass is 10.3. The van der Waals surface area contributed by atoms with Crippen LogP contribution in [0.2, 0.25) is 0 Å². The van der Waals surface area contributed by atoms with E-state index in [0.29, 0.717) is 10.7 Å². The number of imidazole rings is 1. The molecule has 1 aromatic carbocycles. The lowest BCUT2D eigenvalue weighted by molar-refractivity contribution is 0.818. The van der Waals surface area contributed by atoms with Crippen molar-refractivity contribution in [3.8, 4) is 0 Å². The van der Waals surface area contributed by atoms with Crippen LogP contribution in [-0.4, -0.2) is 24.6 Å². The minimum atomic E-state index is -0.126. The van der Waals surface area contributed by atoms with Crippen molar-refractivity contribution in [2.75, 3.05) is 0 Å². The first-order valence-corrected chi connectivity index (χ1v) is 9.49. The van der Waals surface area contributed by atoms with Crippen molar-refractivity contribution in [3.63, 3.8) is 0 Å². The third kappa shape index (κ3) is 2.94. The van der Waals surface area contributed by atoms with Crippen LogP contribution >= 0.6 is 23.1 Å². The zero-order valence-electron chi connectivity index (χ0n) is 13.0. The topological polar surface area (TPSA) is 75.9 Å². The Hall–Kier alpha value is -2.19. The summed E-state index contributed by atoms with van der Waals surface area (Å²) >= 11 is 3.02. The van der Waals surface area contributed by atoms with Crippen LogP contribution in [-0.2, 0) is 12.2 Å². The van der Waals surface area contributed by atoms with E-state index in [2.05, 4.69) is 27.0 Å². The number of para-hydroxylation sites is 2. The monoisotopic (exact) mass is 357 g/mol. The molecular formula is C16H15N5OS2. The van der Waals surface area contributed by atoms with Crippen molar-refractivity contribution < 1.29 is 0 Å². The molecule has 1 N–H and O–H groups in total. The second kappa shape index (κ2) is 6.37. The van der Waals surface area contributed by atoms with Gasteiger partial charge in [-0.15, -0.1) is 0 Å². The summed E-state index contributed by atoms with van der Waals surface area (Å²) in [5, 5.41) is 6.10. The van der Waals surface area contributed by atoms with E-state index in [1.807, 2.05) is 24.3 Å². The minimum Gasteiger partial charge on any atom is -0.333 e. The fraction of sp³-hybridized carbons (Fsp3) is 0.250. The fourth-order valence-corrected chi connectivity index (χ4v) is 4.22. The molecule has 24 heavy (non-hydrogen) atoms. The number of rotatable bonds is 5. The number of aryl methyl sites for hydroxylation is 1. The second-order valence-electron chi connectivity index (χ2n) is 5.37. The van der Waals surface area contributed by atoms with Gasteiger partial charge in [0.15, 0.2) is 5.16 Å². The molecule has 0 amide bonds. The van der Waals surface area contributed by atoms with Crippen molar-refractivity contribution in [2.24, 2.45) is 0 Å². The van der Waals surface area contributed by atoms with Crippen LogP contribution in [0.15, 0.2) is 40.3 Å². The lowest BCUT2D eigenvalue weighted by Gasteiger charge is -1.98. The molecule has 3 heterocycles. The number of fused-ring (bicyclic) bond motifs is 2. The van der Waals surface area contributed by atoms with Crippen molar-refractivity contribution in [1.82, 2.24) is 24.6 Å². The number of hydrogen-bond acceptors (Lipinski definition) is 6. The van der Waals surface area contributed by atoms with E-state index in [0.717, 1.165) is 39.7 Å². The largest absolute Gasteiger partial charge is 0.333 e. The molecule has 3 aromatic heterocycles. The van der Waals surface area contributed by atoms with Crippen LogP contribution in [0.1, 0.15) is 24.0 Å². The molecular weight excluding hydrogens is 342 g/mol. The predicted molar refractivity (Wildman–Crippen MR) is 96.8 cm³/mol. The fourth-order valence-electron chi connectivity index (χ4n) is 2.42. The van der Waals surface area contributed by atoms with Gasteiger partial charge in [-0.3, -0.25) is 4.79 Å². The standard InChI is InChI=1S/C16H15N5OS2/c1-2-5-13-20-21-14(22)8-10(17-16(21)24-13)9-23-15-18-11-6-3-4-7-12(11)19-15/h3-4,6-8H,2,5,9H2,1H3,(H,18,19). The Kier molecular flexibility index (Phi) is 4.07. The van der Waals surface area contributed by atoms with E-state index < -0.39 is 0 Å². The number of H-pyrrole nitrogens is 1. The molecule has 0 saturated carbocycles. The van der Waals surface area contributed by atoms with E-state index >= 15 is 0 Å². The highest BCUT2D eigenvalue weighted by Gasteiger charge is 2.10.